The van der Waals surface area contributed by atoms with Gasteiger partial charge in [-0.1, -0.05) is 18.2 Å². The Bertz CT molecular complexity index is 679. The van der Waals surface area contributed by atoms with E-state index in [1.54, 1.807) is 7.11 Å². The number of hydrogen-bond acceptors (Lipinski definition) is 4. The van der Waals surface area contributed by atoms with Gasteiger partial charge in [-0.2, -0.15) is 0 Å². The van der Waals surface area contributed by atoms with E-state index in [0.29, 0.717) is 12.1 Å². The molecule has 1 aromatic carbocycles. The number of allylic oxidation sites excluding steroid dienone is 1. The molecular formula is C18H20N2O3. The Hall–Kier alpha value is -2.43. The molecule has 120 valence electrons. The maximum atomic E-state index is 12.5. The summed E-state index contributed by atoms with van der Waals surface area (Å²) in [6.45, 7) is 0.357. The molecule has 5 nitrogen and oxygen atoms in total. The summed E-state index contributed by atoms with van der Waals surface area (Å²) in [5.74, 6) is -0.470. The van der Waals surface area contributed by atoms with Crippen molar-refractivity contribution >= 4 is 17.9 Å². The number of carbonyl (C=O) groups is 2. The zero-order valence-corrected chi connectivity index (χ0v) is 13.1. The lowest BCUT2D eigenvalue weighted by atomic mass is 9.84. The topological polar surface area (TPSA) is 67.8 Å². The van der Waals surface area contributed by atoms with Gasteiger partial charge in [0, 0.05) is 18.3 Å². The summed E-state index contributed by atoms with van der Waals surface area (Å²) in [6, 6.07) is 7.43. The van der Waals surface area contributed by atoms with E-state index in [0.717, 1.165) is 30.6 Å². The van der Waals surface area contributed by atoms with Crippen LogP contribution in [0.1, 0.15) is 24.8 Å². The Morgan fingerprint density at radius 1 is 1.43 bits per heavy atom. The Labute approximate surface area is 135 Å². The van der Waals surface area contributed by atoms with Crippen molar-refractivity contribution in [2.75, 3.05) is 7.11 Å². The highest BCUT2D eigenvalue weighted by Gasteiger charge is 2.35. The van der Waals surface area contributed by atoms with Gasteiger partial charge in [-0.3, -0.25) is 14.6 Å². The minimum absolute atomic E-state index is 0.0429. The number of Topliss-reactive ketones (excluding diaryl/α,β-unsaturated/α-hetero) is 1. The third-order valence-electron chi connectivity index (χ3n) is 4.27. The number of fused-ring (bicyclic) bond motifs is 1. The average Bonchev–Trinajstić information content (AvgIpc) is 2.60. The number of benzene rings is 1. The Balaban J connectivity index is 1.65. The SMILES string of the molecule is COc1cccc(CNC(=O)C2C=NC3CCCC=C3C2=O)c1. The second-order valence-corrected chi connectivity index (χ2v) is 5.82. The zero-order chi connectivity index (χ0) is 16.2. The van der Waals surface area contributed by atoms with Crippen LogP contribution in [0.5, 0.6) is 5.75 Å². The van der Waals surface area contributed by atoms with E-state index in [9.17, 15) is 9.59 Å². The molecule has 2 unspecified atom stereocenters. The van der Waals surface area contributed by atoms with E-state index >= 15 is 0 Å². The second-order valence-electron chi connectivity index (χ2n) is 5.82. The quantitative estimate of drug-likeness (QED) is 0.865. The van der Waals surface area contributed by atoms with Crippen molar-refractivity contribution in [2.24, 2.45) is 10.9 Å². The maximum absolute atomic E-state index is 12.5. The molecule has 1 N–H and O–H groups in total. The van der Waals surface area contributed by atoms with Crippen LogP contribution in [0.2, 0.25) is 0 Å². The molecule has 3 rings (SSSR count). The number of amides is 1. The monoisotopic (exact) mass is 312 g/mol. The minimum atomic E-state index is -0.804. The first kappa shape index (κ1) is 15.5. The Morgan fingerprint density at radius 2 is 2.30 bits per heavy atom. The van der Waals surface area contributed by atoms with Gasteiger partial charge in [-0.05, 0) is 37.0 Å². The van der Waals surface area contributed by atoms with Crippen LogP contribution in [0.15, 0.2) is 40.9 Å². The van der Waals surface area contributed by atoms with Gasteiger partial charge in [0.25, 0.3) is 0 Å². The van der Waals surface area contributed by atoms with Crippen molar-refractivity contribution in [1.82, 2.24) is 5.32 Å². The molecule has 0 fully saturated rings. The van der Waals surface area contributed by atoms with E-state index in [1.807, 2.05) is 30.3 Å². The van der Waals surface area contributed by atoms with Gasteiger partial charge in [0.15, 0.2) is 5.78 Å². The van der Waals surface area contributed by atoms with E-state index < -0.39 is 5.92 Å². The van der Waals surface area contributed by atoms with Crippen molar-refractivity contribution < 1.29 is 14.3 Å². The Morgan fingerprint density at radius 3 is 3.13 bits per heavy atom. The van der Waals surface area contributed by atoms with Gasteiger partial charge >= 0.3 is 0 Å². The van der Waals surface area contributed by atoms with Crippen LogP contribution in [0.3, 0.4) is 0 Å². The van der Waals surface area contributed by atoms with Gasteiger partial charge < -0.3 is 10.1 Å². The lowest BCUT2D eigenvalue weighted by Gasteiger charge is -2.26. The highest BCUT2D eigenvalue weighted by atomic mass is 16.5. The summed E-state index contributed by atoms with van der Waals surface area (Å²) in [4.78, 5) is 29.2. The van der Waals surface area contributed by atoms with Gasteiger partial charge in [0.2, 0.25) is 5.91 Å². The normalized spacial score (nSPS) is 23.0. The predicted octanol–water partition coefficient (Wildman–Crippen LogP) is 2.06. The highest BCUT2D eigenvalue weighted by Crippen LogP contribution is 2.27. The van der Waals surface area contributed by atoms with Crippen LogP contribution in [-0.4, -0.2) is 31.1 Å². The summed E-state index contributed by atoms with van der Waals surface area (Å²) in [7, 11) is 1.60. The Kier molecular flexibility index (Phi) is 4.55. The van der Waals surface area contributed by atoms with Crippen molar-refractivity contribution in [3.8, 4) is 5.75 Å². The summed E-state index contributed by atoms with van der Waals surface area (Å²) >= 11 is 0. The first-order valence-corrected chi connectivity index (χ1v) is 7.87. The smallest absolute Gasteiger partial charge is 0.236 e. The van der Waals surface area contributed by atoms with Crippen molar-refractivity contribution in [1.29, 1.82) is 0 Å². The third kappa shape index (κ3) is 3.33. The molecule has 0 radical (unpaired) electrons. The maximum Gasteiger partial charge on any atom is 0.236 e. The predicted molar refractivity (Wildman–Crippen MR) is 87.6 cm³/mol. The second kappa shape index (κ2) is 6.77. The molecule has 0 saturated carbocycles. The summed E-state index contributed by atoms with van der Waals surface area (Å²) < 4.78 is 5.16. The van der Waals surface area contributed by atoms with Gasteiger partial charge in [-0.25, -0.2) is 0 Å². The van der Waals surface area contributed by atoms with E-state index in [-0.39, 0.29) is 17.7 Å². The van der Waals surface area contributed by atoms with Gasteiger partial charge in [-0.15, -0.1) is 0 Å². The largest absolute Gasteiger partial charge is 0.497 e. The fraction of sp³-hybridized carbons (Fsp3) is 0.389. The first-order chi connectivity index (χ1) is 11.2. The molecule has 2 atom stereocenters. The molecule has 23 heavy (non-hydrogen) atoms. The van der Waals surface area contributed by atoms with Crippen LogP contribution in [0.4, 0.5) is 0 Å². The van der Waals surface area contributed by atoms with Crippen LogP contribution in [0.25, 0.3) is 0 Å². The van der Waals surface area contributed by atoms with Crippen molar-refractivity contribution in [2.45, 2.75) is 31.8 Å². The molecule has 1 heterocycles. The molecule has 0 spiro atoms. The molecule has 2 aliphatic rings. The number of ketones is 1. The fourth-order valence-corrected chi connectivity index (χ4v) is 2.99. The number of carbonyl (C=O) groups excluding carboxylic acids is 2. The number of rotatable bonds is 4. The van der Waals surface area contributed by atoms with E-state index in [1.165, 1.54) is 6.21 Å². The highest BCUT2D eigenvalue weighted by molar-refractivity contribution is 6.21. The molecular weight excluding hydrogens is 292 g/mol. The number of aliphatic imine (C=N–C) groups is 1. The molecule has 1 aliphatic heterocycles. The van der Waals surface area contributed by atoms with E-state index in [2.05, 4.69) is 10.3 Å². The number of hydrogen-bond donors (Lipinski definition) is 1. The summed E-state index contributed by atoms with van der Waals surface area (Å²) in [5.41, 5.74) is 1.63. The molecule has 0 aromatic heterocycles. The lowest BCUT2D eigenvalue weighted by molar-refractivity contribution is -0.129. The molecule has 5 heteroatoms. The van der Waals surface area contributed by atoms with Gasteiger partial charge in [0.05, 0.1) is 13.2 Å². The first-order valence-electron chi connectivity index (χ1n) is 7.87. The molecule has 0 saturated heterocycles. The third-order valence-corrected chi connectivity index (χ3v) is 4.27. The van der Waals surface area contributed by atoms with Crippen molar-refractivity contribution in [3.63, 3.8) is 0 Å². The summed E-state index contributed by atoms with van der Waals surface area (Å²) in [6.07, 6.45) is 6.29. The fourth-order valence-electron chi connectivity index (χ4n) is 2.99. The number of nitrogens with zero attached hydrogens (tertiary/aromatic N) is 1. The summed E-state index contributed by atoms with van der Waals surface area (Å²) in [5, 5.41) is 2.81. The molecule has 1 aliphatic carbocycles. The standard InChI is InChI=1S/C18H20N2O3/c1-23-13-6-4-5-12(9-13)10-20-18(22)15-11-19-16-8-3-2-7-14(16)17(15)21/h4-7,9,11,15-16H,2-3,8,10H2,1H3,(H,20,22). The molecule has 1 amide bonds. The number of methoxy groups -OCH3 is 1. The average molecular weight is 312 g/mol. The van der Waals surface area contributed by atoms with Crippen LogP contribution < -0.4 is 10.1 Å². The van der Waals surface area contributed by atoms with Crippen LogP contribution >= 0.6 is 0 Å². The lowest BCUT2D eigenvalue weighted by Crippen LogP contribution is -2.41. The van der Waals surface area contributed by atoms with Crippen LogP contribution in [-0.2, 0) is 16.1 Å². The van der Waals surface area contributed by atoms with Gasteiger partial charge in [0.1, 0.15) is 11.7 Å². The zero-order valence-electron chi connectivity index (χ0n) is 13.1. The van der Waals surface area contributed by atoms with Crippen LogP contribution in [0, 0.1) is 5.92 Å². The number of nitrogens with one attached hydrogen (secondary N) is 1. The number of ether oxygens (including phenoxy) is 1. The minimum Gasteiger partial charge on any atom is -0.497 e. The van der Waals surface area contributed by atoms with Crippen molar-refractivity contribution in [3.05, 3.63) is 41.5 Å². The molecule has 0 bridgehead atoms. The molecule has 1 aromatic rings. The van der Waals surface area contributed by atoms with E-state index in [4.69, 9.17) is 4.74 Å².